The van der Waals surface area contributed by atoms with Crippen LogP contribution >= 0.6 is 0 Å². The van der Waals surface area contributed by atoms with E-state index in [1.165, 1.54) is 10.6 Å². The van der Waals surface area contributed by atoms with Crippen LogP contribution < -0.4 is 10.1 Å². The van der Waals surface area contributed by atoms with Crippen molar-refractivity contribution in [3.63, 3.8) is 0 Å². The molecule has 9 nitrogen and oxygen atoms in total. The molecule has 2 aliphatic rings. The maximum Gasteiger partial charge on any atom is 0.211 e. The highest BCUT2D eigenvalue weighted by Gasteiger charge is 2.28. The fourth-order valence-electron chi connectivity index (χ4n) is 4.63. The van der Waals surface area contributed by atoms with E-state index in [4.69, 9.17) is 9.47 Å². The molecule has 1 N–H and O–H groups in total. The van der Waals surface area contributed by atoms with Crippen LogP contribution in [0.2, 0.25) is 0 Å². The van der Waals surface area contributed by atoms with Crippen molar-refractivity contribution in [3.8, 4) is 23.1 Å². The monoisotopic (exact) mass is 485 g/mol. The number of piperidine rings is 1. The van der Waals surface area contributed by atoms with Crippen LogP contribution in [0.4, 0.5) is 5.82 Å². The average molecular weight is 486 g/mol. The van der Waals surface area contributed by atoms with Crippen LogP contribution in [0.15, 0.2) is 18.2 Å². The molecule has 34 heavy (non-hydrogen) atoms. The van der Waals surface area contributed by atoms with E-state index < -0.39 is 10.0 Å². The highest BCUT2D eigenvalue weighted by molar-refractivity contribution is 7.88. The quantitative estimate of drug-likeness (QED) is 0.448. The molecule has 1 aromatic heterocycles. The van der Waals surface area contributed by atoms with Crippen LogP contribution in [0.1, 0.15) is 49.3 Å². The molecule has 1 aliphatic carbocycles. The normalized spacial score (nSPS) is 18.7. The molecule has 182 valence electrons. The molecule has 1 saturated heterocycles. The molecule has 0 unspecified atom stereocenters. The first-order valence-corrected chi connectivity index (χ1v) is 13.6. The van der Waals surface area contributed by atoms with Gasteiger partial charge in [0.25, 0.3) is 0 Å². The second kappa shape index (κ2) is 10.7. The molecule has 1 aliphatic heterocycles. The lowest BCUT2D eigenvalue weighted by Crippen LogP contribution is -2.44. The third kappa shape index (κ3) is 5.49. The molecular weight excluding hydrogens is 454 g/mol. The van der Waals surface area contributed by atoms with Crippen LogP contribution in [-0.4, -0.2) is 61.7 Å². The summed E-state index contributed by atoms with van der Waals surface area (Å²) in [5.74, 6) is 1.29. The molecule has 1 aromatic carbocycles. The van der Waals surface area contributed by atoms with Crippen molar-refractivity contribution in [3.05, 3.63) is 34.9 Å². The fraction of sp³-hybridized carbons (Fsp3) is 0.542. The van der Waals surface area contributed by atoms with Gasteiger partial charge in [-0.05, 0) is 69.2 Å². The Bertz CT molecular complexity index is 1180. The molecule has 0 radical (unpaired) electrons. The lowest BCUT2D eigenvalue weighted by Gasteiger charge is -2.32. The zero-order valence-electron chi connectivity index (χ0n) is 19.7. The topological polar surface area (TPSA) is 117 Å². The van der Waals surface area contributed by atoms with Crippen molar-refractivity contribution in [1.29, 1.82) is 5.26 Å². The summed E-state index contributed by atoms with van der Waals surface area (Å²) in [7, 11) is -3.22. The largest absolute Gasteiger partial charge is 0.467 e. The molecule has 0 saturated carbocycles. The van der Waals surface area contributed by atoms with Gasteiger partial charge in [-0.3, -0.25) is 0 Å². The van der Waals surface area contributed by atoms with Gasteiger partial charge in [-0.15, -0.1) is 10.2 Å². The van der Waals surface area contributed by atoms with Gasteiger partial charge in [0, 0.05) is 36.9 Å². The number of ether oxygens (including phenoxy) is 2. The van der Waals surface area contributed by atoms with E-state index >= 15 is 0 Å². The maximum atomic E-state index is 12.0. The lowest BCUT2D eigenvalue weighted by molar-refractivity contribution is 0.0227. The average Bonchev–Trinajstić information content (AvgIpc) is 2.84. The summed E-state index contributed by atoms with van der Waals surface area (Å²) in [6.45, 7) is 3.50. The van der Waals surface area contributed by atoms with Crippen LogP contribution in [0.25, 0.3) is 11.3 Å². The summed E-state index contributed by atoms with van der Waals surface area (Å²) in [6, 6.07) is 7.47. The fourth-order valence-corrected chi connectivity index (χ4v) is 5.54. The Morgan fingerprint density at radius 2 is 2.00 bits per heavy atom. The third-order valence-electron chi connectivity index (χ3n) is 6.35. The van der Waals surface area contributed by atoms with Crippen LogP contribution in [-0.2, 0) is 27.6 Å². The first-order valence-electron chi connectivity index (χ1n) is 11.8. The van der Waals surface area contributed by atoms with Gasteiger partial charge in [-0.1, -0.05) is 0 Å². The Labute approximate surface area is 201 Å². The number of hydrogen-bond donors (Lipinski definition) is 1. The third-order valence-corrected chi connectivity index (χ3v) is 7.62. The Balaban J connectivity index is 1.66. The van der Waals surface area contributed by atoms with Gasteiger partial charge in [-0.25, -0.2) is 12.7 Å². The van der Waals surface area contributed by atoms with E-state index in [-0.39, 0.29) is 12.8 Å². The van der Waals surface area contributed by atoms with Gasteiger partial charge in [0.05, 0.1) is 17.9 Å². The highest BCUT2D eigenvalue weighted by Crippen LogP contribution is 2.38. The minimum absolute atomic E-state index is 0.00495. The Morgan fingerprint density at radius 3 is 2.74 bits per heavy atom. The summed E-state index contributed by atoms with van der Waals surface area (Å²) >= 11 is 0. The minimum Gasteiger partial charge on any atom is -0.467 e. The van der Waals surface area contributed by atoms with Gasteiger partial charge >= 0.3 is 0 Å². The summed E-state index contributed by atoms with van der Waals surface area (Å²) in [4.78, 5) is 0. The molecule has 10 heteroatoms. The molecule has 1 fully saturated rings. The summed E-state index contributed by atoms with van der Waals surface area (Å²) in [5, 5.41) is 22.0. The number of nitrogens with zero attached hydrogens (tertiary/aromatic N) is 4. The second-order valence-electron chi connectivity index (χ2n) is 8.74. The van der Waals surface area contributed by atoms with Crippen LogP contribution in [0.3, 0.4) is 0 Å². The van der Waals surface area contributed by atoms with E-state index in [0.29, 0.717) is 31.0 Å². The van der Waals surface area contributed by atoms with E-state index in [1.807, 2.05) is 13.0 Å². The minimum atomic E-state index is -3.22. The van der Waals surface area contributed by atoms with Crippen LogP contribution in [0.5, 0.6) is 5.75 Å². The number of anilines is 1. The molecule has 2 aromatic rings. The number of hydrogen-bond acceptors (Lipinski definition) is 8. The van der Waals surface area contributed by atoms with E-state index in [0.717, 1.165) is 66.7 Å². The Hall–Kier alpha value is -2.74. The molecule has 2 heterocycles. The second-order valence-corrected chi connectivity index (χ2v) is 10.7. The van der Waals surface area contributed by atoms with Crippen molar-refractivity contribution < 1.29 is 17.9 Å². The standard InChI is InChI=1S/C24H31N5O4S/c1-3-32-16-33-22-13-17(14-25)10-11-21(22)23-19-8-4-5-9-20(19)24(28-27-23)26-18-7-6-12-29(15-18)34(2,30)31/h10-11,13,18H,3-9,12,15-16H2,1-2H3,(H,26,28)/t18-/m1/s1. The molecule has 0 spiro atoms. The molecular formula is C24H31N5O4S. The predicted molar refractivity (Wildman–Crippen MR) is 129 cm³/mol. The van der Waals surface area contributed by atoms with Crippen LogP contribution in [0, 0.1) is 11.3 Å². The zero-order valence-corrected chi connectivity index (χ0v) is 20.5. The van der Waals surface area contributed by atoms with Gasteiger partial charge in [0.15, 0.2) is 12.6 Å². The van der Waals surface area contributed by atoms with Crippen molar-refractivity contribution in [2.24, 2.45) is 0 Å². The molecule has 0 bridgehead atoms. The summed E-state index contributed by atoms with van der Waals surface area (Å²) in [6.07, 6.45) is 6.83. The van der Waals surface area contributed by atoms with Crippen molar-refractivity contribution in [1.82, 2.24) is 14.5 Å². The van der Waals surface area contributed by atoms with Gasteiger partial charge < -0.3 is 14.8 Å². The first kappa shape index (κ1) is 24.4. The number of sulfonamides is 1. The lowest BCUT2D eigenvalue weighted by atomic mass is 9.88. The number of rotatable bonds is 8. The predicted octanol–water partition coefficient (Wildman–Crippen LogP) is 3.10. The zero-order chi connectivity index (χ0) is 24.1. The number of benzene rings is 1. The first-order chi connectivity index (χ1) is 16.4. The number of aromatic nitrogens is 2. The van der Waals surface area contributed by atoms with E-state index in [9.17, 15) is 13.7 Å². The summed E-state index contributed by atoms with van der Waals surface area (Å²) < 4.78 is 36.8. The van der Waals surface area contributed by atoms with Gasteiger partial charge in [0.2, 0.25) is 10.0 Å². The van der Waals surface area contributed by atoms with Gasteiger partial charge in [0.1, 0.15) is 11.4 Å². The molecule has 1 atom stereocenters. The highest BCUT2D eigenvalue weighted by atomic mass is 32.2. The maximum absolute atomic E-state index is 12.0. The molecule has 0 amide bonds. The number of nitriles is 1. The molecule has 4 rings (SSSR count). The number of nitrogens with one attached hydrogen (secondary N) is 1. The van der Waals surface area contributed by atoms with Gasteiger partial charge in [-0.2, -0.15) is 5.26 Å². The van der Waals surface area contributed by atoms with Crippen molar-refractivity contribution in [2.75, 3.05) is 38.1 Å². The SMILES string of the molecule is CCOCOc1cc(C#N)ccc1-c1nnc(N[C@@H]2CCCN(S(C)(=O)=O)C2)c2c1CCCC2. The van der Waals surface area contributed by atoms with Crippen molar-refractivity contribution in [2.45, 2.75) is 51.5 Å². The summed E-state index contributed by atoms with van der Waals surface area (Å²) in [5.41, 5.74) is 4.32. The van der Waals surface area contributed by atoms with E-state index in [1.54, 1.807) is 12.1 Å². The Morgan fingerprint density at radius 1 is 1.21 bits per heavy atom. The Kier molecular flexibility index (Phi) is 7.66. The smallest absolute Gasteiger partial charge is 0.211 e. The van der Waals surface area contributed by atoms with E-state index in [2.05, 4.69) is 21.6 Å². The number of fused-ring (bicyclic) bond motifs is 1. The van der Waals surface area contributed by atoms with Crippen molar-refractivity contribution >= 4 is 15.8 Å².